The number of primary amides is 1. The van der Waals surface area contributed by atoms with Crippen molar-refractivity contribution in [3.63, 3.8) is 0 Å². The molecule has 1 saturated carbocycles. The van der Waals surface area contributed by atoms with E-state index in [-0.39, 0.29) is 5.91 Å². The van der Waals surface area contributed by atoms with E-state index in [2.05, 4.69) is 17.1 Å². The minimum Gasteiger partial charge on any atom is -0.369 e. The first-order valence-corrected chi connectivity index (χ1v) is 4.97. The van der Waals surface area contributed by atoms with Crippen molar-refractivity contribution in [2.75, 3.05) is 26.2 Å². The second-order valence-electron chi connectivity index (χ2n) is 3.50. The van der Waals surface area contributed by atoms with Crippen LogP contribution in [0.5, 0.6) is 0 Å². The first-order valence-electron chi connectivity index (χ1n) is 4.97. The summed E-state index contributed by atoms with van der Waals surface area (Å²) >= 11 is 0. The second-order valence-corrected chi connectivity index (χ2v) is 3.50. The number of hydrogen-bond donors (Lipinski definition) is 2. The summed E-state index contributed by atoms with van der Waals surface area (Å²) < 4.78 is 0. The van der Waals surface area contributed by atoms with Crippen LogP contribution in [-0.4, -0.2) is 43.0 Å². The predicted octanol–water partition coefficient (Wildman–Crippen LogP) is -0.454. The molecule has 0 aromatic heterocycles. The Labute approximate surface area is 79.5 Å². The molecular weight excluding hydrogens is 166 g/mol. The zero-order valence-electron chi connectivity index (χ0n) is 8.25. The van der Waals surface area contributed by atoms with Crippen LogP contribution < -0.4 is 11.1 Å². The summed E-state index contributed by atoms with van der Waals surface area (Å²) in [5.74, 6) is -0.283. The summed E-state index contributed by atoms with van der Waals surface area (Å²) in [6, 6.07) is 0.806. The summed E-state index contributed by atoms with van der Waals surface area (Å²) in [6.07, 6.45) is 2.67. The number of nitrogens with zero attached hydrogens (tertiary/aromatic N) is 1. The van der Waals surface area contributed by atoms with Gasteiger partial charge in [0.05, 0.1) is 6.54 Å². The van der Waals surface area contributed by atoms with E-state index in [0.717, 1.165) is 25.7 Å². The van der Waals surface area contributed by atoms with Gasteiger partial charge in [-0.05, 0) is 19.4 Å². The van der Waals surface area contributed by atoms with E-state index in [0.29, 0.717) is 6.54 Å². The Morgan fingerprint density at radius 2 is 2.31 bits per heavy atom. The monoisotopic (exact) mass is 185 g/mol. The number of carbonyl (C=O) groups excluding carboxylic acids is 1. The molecule has 0 unspecified atom stereocenters. The first kappa shape index (κ1) is 10.5. The molecule has 0 saturated heterocycles. The lowest BCUT2D eigenvalue weighted by atomic mass is 10.4. The summed E-state index contributed by atoms with van der Waals surface area (Å²) in [5, 5.41) is 3.02. The summed E-state index contributed by atoms with van der Waals surface area (Å²) in [5.41, 5.74) is 5.00. The Bertz CT molecular complexity index is 168. The van der Waals surface area contributed by atoms with Crippen LogP contribution in [0.2, 0.25) is 0 Å². The van der Waals surface area contributed by atoms with Gasteiger partial charge in [0.25, 0.3) is 0 Å². The molecule has 0 aromatic carbocycles. The van der Waals surface area contributed by atoms with Crippen molar-refractivity contribution >= 4 is 5.91 Å². The standard InChI is InChI=1S/C9H19N3O/c1-2-12(8-3-4-8)6-5-11-7-9(10)13/h8,11H,2-7H2,1H3,(H2,10,13). The lowest BCUT2D eigenvalue weighted by Gasteiger charge is -2.19. The molecule has 76 valence electrons. The fourth-order valence-electron chi connectivity index (χ4n) is 1.47. The molecule has 1 amide bonds. The van der Waals surface area contributed by atoms with Crippen LogP contribution in [0.4, 0.5) is 0 Å². The van der Waals surface area contributed by atoms with Crippen LogP contribution >= 0.6 is 0 Å². The third kappa shape index (κ3) is 4.24. The van der Waals surface area contributed by atoms with E-state index in [4.69, 9.17) is 5.73 Å². The summed E-state index contributed by atoms with van der Waals surface area (Å²) in [7, 11) is 0. The van der Waals surface area contributed by atoms with Gasteiger partial charge in [0.1, 0.15) is 0 Å². The van der Waals surface area contributed by atoms with Crippen molar-refractivity contribution in [3.05, 3.63) is 0 Å². The number of amides is 1. The molecule has 4 nitrogen and oxygen atoms in total. The Kier molecular flexibility index (Phi) is 4.18. The molecule has 0 atom stereocenters. The fraction of sp³-hybridized carbons (Fsp3) is 0.889. The zero-order chi connectivity index (χ0) is 9.68. The molecule has 0 aromatic rings. The minimum atomic E-state index is -0.283. The van der Waals surface area contributed by atoms with E-state index in [1.165, 1.54) is 12.8 Å². The van der Waals surface area contributed by atoms with Crippen LogP contribution in [0.1, 0.15) is 19.8 Å². The van der Waals surface area contributed by atoms with Crippen LogP contribution in [-0.2, 0) is 4.79 Å². The lowest BCUT2D eigenvalue weighted by molar-refractivity contribution is -0.117. The van der Waals surface area contributed by atoms with Crippen LogP contribution in [0.25, 0.3) is 0 Å². The smallest absolute Gasteiger partial charge is 0.231 e. The van der Waals surface area contributed by atoms with Gasteiger partial charge in [-0.1, -0.05) is 6.92 Å². The number of likely N-dealkylation sites (N-methyl/N-ethyl adjacent to an activating group) is 1. The maximum atomic E-state index is 10.4. The Morgan fingerprint density at radius 3 is 2.77 bits per heavy atom. The molecule has 0 radical (unpaired) electrons. The number of nitrogens with two attached hydrogens (primary N) is 1. The first-order chi connectivity index (χ1) is 6.24. The van der Waals surface area contributed by atoms with Gasteiger partial charge in [-0.15, -0.1) is 0 Å². The predicted molar refractivity (Wildman–Crippen MR) is 52.3 cm³/mol. The molecule has 0 spiro atoms. The molecule has 1 aliphatic rings. The highest BCUT2D eigenvalue weighted by Crippen LogP contribution is 2.25. The van der Waals surface area contributed by atoms with Crippen molar-refractivity contribution in [2.24, 2.45) is 5.73 Å². The van der Waals surface area contributed by atoms with Gasteiger partial charge < -0.3 is 11.1 Å². The van der Waals surface area contributed by atoms with Crippen LogP contribution in [0.15, 0.2) is 0 Å². The quantitative estimate of drug-likeness (QED) is 0.528. The van der Waals surface area contributed by atoms with Gasteiger partial charge in [-0.25, -0.2) is 0 Å². The van der Waals surface area contributed by atoms with Crippen LogP contribution in [0, 0.1) is 0 Å². The van der Waals surface area contributed by atoms with Gasteiger partial charge in [0.2, 0.25) is 5.91 Å². The van der Waals surface area contributed by atoms with Gasteiger partial charge in [-0.3, -0.25) is 9.69 Å². The molecule has 0 aliphatic heterocycles. The van der Waals surface area contributed by atoms with E-state index < -0.39 is 0 Å². The topological polar surface area (TPSA) is 58.4 Å². The van der Waals surface area contributed by atoms with E-state index in [1.54, 1.807) is 0 Å². The molecule has 3 N–H and O–H groups in total. The lowest BCUT2D eigenvalue weighted by Crippen LogP contribution is -2.36. The van der Waals surface area contributed by atoms with Gasteiger partial charge in [-0.2, -0.15) is 0 Å². The third-order valence-electron chi connectivity index (χ3n) is 2.34. The minimum absolute atomic E-state index is 0.283. The van der Waals surface area contributed by atoms with E-state index in [9.17, 15) is 4.79 Å². The second kappa shape index (κ2) is 5.19. The normalized spacial score (nSPS) is 16.5. The molecule has 13 heavy (non-hydrogen) atoms. The van der Waals surface area contributed by atoms with Gasteiger partial charge in [0, 0.05) is 19.1 Å². The maximum absolute atomic E-state index is 10.4. The maximum Gasteiger partial charge on any atom is 0.231 e. The molecule has 1 aliphatic carbocycles. The molecule has 1 fully saturated rings. The van der Waals surface area contributed by atoms with Crippen molar-refractivity contribution < 1.29 is 4.79 Å². The highest BCUT2D eigenvalue weighted by molar-refractivity contribution is 5.75. The molecular formula is C9H19N3O. The van der Waals surface area contributed by atoms with Crippen molar-refractivity contribution in [2.45, 2.75) is 25.8 Å². The Balaban J connectivity index is 1.99. The molecule has 0 bridgehead atoms. The van der Waals surface area contributed by atoms with Crippen molar-refractivity contribution in [3.8, 4) is 0 Å². The van der Waals surface area contributed by atoms with Gasteiger partial charge in [0.15, 0.2) is 0 Å². The number of rotatable bonds is 7. The average molecular weight is 185 g/mol. The van der Waals surface area contributed by atoms with E-state index >= 15 is 0 Å². The SMILES string of the molecule is CCN(CCNCC(N)=O)C1CC1. The highest BCUT2D eigenvalue weighted by atomic mass is 16.1. The number of carbonyl (C=O) groups is 1. The molecule has 1 rings (SSSR count). The van der Waals surface area contributed by atoms with Crippen molar-refractivity contribution in [1.82, 2.24) is 10.2 Å². The largest absolute Gasteiger partial charge is 0.369 e. The molecule has 0 heterocycles. The molecule has 4 heteroatoms. The van der Waals surface area contributed by atoms with Gasteiger partial charge >= 0.3 is 0 Å². The highest BCUT2D eigenvalue weighted by Gasteiger charge is 2.26. The average Bonchev–Trinajstić information content (AvgIpc) is 2.87. The zero-order valence-corrected chi connectivity index (χ0v) is 8.25. The van der Waals surface area contributed by atoms with E-state index in [1.807, 2.05) is 0 Å². The number of hydrogen-bond acceptors (Lipinski definition) is 3. The number of nitrogens with one attached hydrogen (secondary N) is 1. The summed E-state index contributed by atoms with van der Waals surface area (Å²) in [6.45, 7) is 5.44. The summed E-state index contributed by atoms with van der Waals surface area (Å²) in [4.78, 5) is 12.8. The Morgan fingerprint density at radius 1 is 1.62 bits per heavy atom. The van der Waals surface area contributed by atoms with Crippen LogP contribution in [0.3, 0.4) is 0 Å². The van der Waals surface area contributed by atoms with Crippen molar-refractivity contribution in [1.29, 1.82) is 0 Å². The fourth-order valence-corrected chi connectivity index (χ4v) is 1.47. The Hall–Kier alpha value is -0.610. The third-order valence-corrected chi connectivity index (χ3v) is 2.34.